The summed E-state index contributed by atoms with van der Waals surface area (Å²) in [7, 11) is 0. The van der Waals surface area contributed by atoms with E-state index in [-0.39, 0.29) is 12.1 Å². The lowest BCUT2D eigenvalue weighted by atomic mass is 10.0. The summed E-state index contributed by atoms with van der Waals surface area (Å²) in [5.41, 5.74) is 8.89. The van der Waals surface area contributed by atoms with E-state index in [4.69, 9.17) is 0 Å². The van der Waals surface area contributed by atoms with Crippen LogP contribution in [0.4, 0.5) is 34.1 Å². The van der Waals surface area contributed by atoms with Crippen molar-refractivity contribution in [2.75, 3.05) is 72.0 Å². The van der Waals surface area contributed by atoms with E-state index in [1.807, 2.05) is 0 Å². The number of nitrogens with zero attached hydrogens (tertiary/aromatic N) is 6. The molecule has 0 aliphatic heterocycles. The molecular formula is C62H95N6+. The third-order valence-corrected chi connectivity index (χ3v) is 14.0. The molecule has 0 radical (unpaired) electrons. The molecule has 0 bridgehead atoms. The summed E-state index contributed by atoms with van der Waals surface area (Å²) in [5.74, 6) is 0. The van der Waals surface area contributed by atoms with Gasteiger partial charge in [0.15, 0.2) is 6.04 Å². The second-order valence-electron chi connectivity index (χ2n) is 19.5. The Hall–Kier alpha value is -4.55. The molecule has 0 saturated carbocycles. The Bertz CT molecular complexity index is 1850. The van der Waals surface area contributed by atoms with Gasteiger partial charge < -0.3 is 19.6 Å². The Kier molecular flexibility index (Phi) is 24.7. The van der Waals surface area contributed by atoms with Gasteiger partial charge >= 0.3 is 0 Å². The number of benzene rings is 3. The fourth-order valence-electron chi connectivity index (χ4n) is 9.64. The third-order valence-electron chi connectivity index (χ3n) is 14.0. The van der Waals surface area contributed by atoms with Crippen molar-refractivity contribution < 1.29 is 4.58 Å². The minimum atomic E-state index is 0.0583. The van der Waals surface area contributed by atoms with Crippen molar-refractivity contribution in [2.45, 2.75) is 176 Å². The highest BCUT2D eigenvalue weighted by Crippen LogP contribution is 2.35. The summed E-state index contributed by atoms with van der Waals surface area (Å²) >= 11 is 0. The largest absolute Gasteiger partial charge is 0.372 e. The van der Waals surface area contributed by atoms with Gasteiger partial charge in [-0.15, -0.1) is 0 Å². The molecule has 372 valence electrons. The third kappa shape index (κ3) is 16.3. The molecule has 6 nitrogen and oxygen atoms in total. The van der Waals surface area contributed by atoms with Crippen molar-refractivity contribution in [1.29, 1.82) is 0 Å². The highest BCUT2D eigenvalue weighted by molar-refractivity contribution is 6.02. The molecule has 3 aromatic carbocycles. The summed E-state index contributed by atoms with van der Waals surface area (Å²) in [6.45, 7) is 27.4. The summed E-state index contributed by atoms with van der Waals surface area (Å²) in [4.78, 5) is 13.0. The van der Waals surface area contributed by atoms with E-state index < -0.39 is 0 Å². The molecule has 3 aromatic rings. The first-order valence-corrected chi connectivity index (χ1v) is 27.9. The van der Waals surface area contributed by atoms with E-state index in [2.05, 4.69) is 206 Å². The van der Waals surface area contributed by atoms with Gasteiger partial charge in [0, 0.05) is 98.0 Å². The van der Waals surface area contributed by atoms with E-state index in [9.17, 15) is 0 Å². The van der Waals surface area contributed by atoms with Crippen LogP contribution in [0.3, 0.4) is 0 Å². The molecule has 2 aliphatic rings. The van der Waals surface area contributed by atoms with Gasteiger partial charge in [0.1, 0.15) is 0 Å². The Morgan fingerprint density at radius 2 is 0.647 bits per heavy atom. The first kappa shape index (κ1) is 54.4. The van der Waals surface area contributed by atoms with Crippen molar-refractivity contribution >= 4 is 39.8 Å². The molecule has 0 amide bonds. The summed E-state index contributed by atoms with van der Waals surface area (Å²) in [5, 5.41) is 0. The zero-order valence-corrected chi connectivity index (χ0v) is 44.4. The molecule has 0 fully saturated rings. The molecule has 0 saturated heterocycles. The van der Waals surface area contributed by atoms with Crippen LogP contribution >= 0.6 is 0 Å². The van der Waals surface area contributed by atoms with Crippen LogP contribution in [0.25, 0.3) is 0 Å². The van der Waals surface area contributed by atoms with Gasteiger partial charge in [0.05, 0.1) is 6.04 Å². The van der Waals surface area contributed by atoms with E-state index >= 15 is 0 Å². The maximum Gasteiger partial charge on any atom is 0.206 e. The fourth-order valence-corrected chi connectivity index (χ4v) is 9.64. The quantitative estimate of drug-likeness (QED) is 0.0446. The maximum absolute atomic E-state index is 2.68. The smallest absolute Gasteiger partial charge is 0.206 e. The molecule has 0 spiro atoms. The zero-order chi connectivity index (χ0) is 48.4. The van der Waals surface area contributed by atoms with Crippen molar-refractivity contribution in [3.63, 3.8) is 0 Å². The van der Waals surface area contributed by atoms with Crippen molar-refractivity contribution in [3.8, 4) is 0 Å². The molecule has 0 heterocycles. The monoisotopic (exact) mass is 924 g/mol. The fraction of sp³-hybridized carbons (Fsp3) is 0.565. The molecule has 0 unspecified atom stereocenters. The molecule has 0 N–H and O–H groups in total. The highest BCUT2D eigenvalue weighted by Gasteiger charge is 2.29. The number of hydrogen-bond donors (Lipinski definition) is 0. The van der Waals surface area contributed by atoms with Crippen LogP contribution in [0.2, 0.25) is 0 Å². The Morgan fingerprint density at radius 1 is 0.338 bits per heavy atom. The number of hydrogen-bond acceptors (Lipinski definition) is 5. The lowest BCUT2D eigenvalue weighted by Crippen LogP contribution is -2.36. The van der Waals surface area contributed by atoms with Gasteiger partial charge in [0.2, 0.25) is 11.4 Å². The Balaban J connectivity index is 1.53. The minimum absolute atomic E-state index is 0.0583. The average Bonchev–Trinajstić information content (AvgIpc) is 3.38. The summed E-state index contributed by atoms with van der Waals surface area (Å²) < 4.78 is 2.55. The molecule has 5 rings (SSSR count). The van der Waals surface area contributed by atoms with E-state index in [1.54, 1.807) is 0 Å². The van der Waals surface area contributed by atoms with Crippen molar-refractivity contribution in [2.24, 2.45) is 0 Å². The molecule has 68 heavy (non-hydrogen) atoms. The second kappa shape index (κ2) is 30.8. The van der Waals surface area contributed by atoms with Crippen LogP contribution in [0.5, 0.6) is 0 Å². The Morgan fingerprint density at radius 3 is 0.985 bits per heavy atom. The van der Waals surface area contributed by atoms with Gasteiger partial charge in [-0.05, 0) is 137 Å². The van der Waals surface area contributed by atoms with E-state index in [1.165, 1.54) is 143 Å². The average molecular weight is 924 g/mol. The van der Waals surface area contributed by atoms with E-state index in [0.717, 1.165) is 52.4 Å². The molecule has 2 aliphatic carbocycles. The highest BCUT2D eigenvalue weighted by atomic mass is 15.2. The minimum Gasteiger partial charge on any atom is -0.372 e. The molecular weight excluding hydrogens is 829 g/mol. The predicted octanol–water partition coefficient (Wildman–Crippen LogP) is 16.1. The predicted molar refractivity (Wildman–Crippen MR) is 302 cm³/mol. The van der Waals surface area contributed by atoms with Crippen LogP contribution in [-0.4, -0.2) is 85.7 Å². The van der Waals surface area contributed by atoms with Crippen LogP contribution in [-0.2, 0) is 0 Å². The second-order valence-corrected chi connectivity index (χ2v) is 19.5. The lowest BCUT2D eigenvalue weighted by molar-refractivity contribution is -0.456. The SMILES string of the molecule is CCCCN(CCCC)c1ccc(N(c2ccc(N(CCCC)CCCC)cc2)C2C=CC([N+](=C3C=CC(N(CCCC)CCCC)C=C3)c3ccc(N(CCCC)CCCC)cc3)C=C2)cc1. The first-order valence-electron chi connectivity index (χ1n) is 27.9. The number of rotatable bonds is 33. The van der Waals surface area contributed by atoms with Gasteiger partial charge in [-0.2, -0.15) is 4.58 Å². The van der Waals surface area contributed by atoms with Gasteiger partial charge in [-0.25, -0.2) is 0 Å². The molecule has 6 heteroatoms. The van der Waals surface area contributed by atoms with Gasteiger partial charge in [0.25, 0.3) is 0 Å². The van der Waals surface area contributed by atoms with Gasteiger partial charge in [-0.1, -0.05) is 131 Å². The Labute approximate surface area is 417 Å². The summed E-state index contributed by atoms with van der Waals surface area (Å²) in [6.07, 6.45) is 39.0. The molecule has 0 aromatic heterocycles. The van der Waals surface area contributed by atoms with Gasteiger partial charge in [-0.3, -0.25) is 4.90 Å². The summed E-state index contributed by atoms with van der Waals surface area (Å²) in [6, 6.07) is 28.9. The normalized spacial score (nSPS) is 16.5. The number of allylic oxidation sites excluding steroid dienone is 2. The van der Waals surface area contributed by atoms with Crippen LogP contribution in [0.1, 0.15) is 158 Å². The number of anilines is 5. The topological polar surface area (TPSA) is 19.2 Å². The van der Waals surface area contributed by atoms with E-state index in [0.29, 0.717) is 6.04 Å². The lowest BCUT2D eigenvalue weighted by Gasteiger charge is -2.33. The van der Waals surface area contributed by atoms with Crippen molar-refractivity contribution in [1.82, 2.24) is 4.90 Å². The molecule has 0 atom stereocenters. The first-order chi connectivity index (χ1) is 33.4. The number of unbranched alkanes of at least 4 members (excludes halogenated alkanes) is 8. The van der Waals surface area contributed by atoms with Crippen LogP contribution < -0.4 is 19.6 Å². The maximum atomic E-state index is 2.68. The zero-order valence-electron chi connectivity index (χ0n) is 44.4. The van der Waals surface area contributed by atoms with Crippen LogP contribution in [0.15, 0.2) is 121 Å². The standard InChI is InChI=1S/C62H95N6/c1-9-17-45-63(46-18-10-2)53-25-33-57(34-26-53)67(58-35-27-54(28-36-58)64(47-19-11-3)48-20-12-4)61-41-43-62(44-42-61)68(59-37-29-55(30-38-59)65(49-21-13-5)50-22-14-6)60-39-31-56(32-40-60)66(51-23-15-7)52-24-16-8/h25-44,53,61-62H,9-24,45-52H2,1-8H3/q+1. The van der Waals surface area contributed by atoms with Crippen molar-refractivity contribution in [3.05, 3.63) is 121 Å². The van der Waals surface area contributed by atoms with Crippen LogP contribution in [0, 0.1) is 0 Å².